The lowest BCUT2D eigenvalue weighted by molar-refractivity contribution is 0.100. The van der Waals surface area contributed by atoms with Gasteiger partial charge in [0, 0.05) is 12.0 Å². The highest BCUT2D eigenvalue weighted by Crippen LogP contribution is 2.35. The molecule has 21 heavy (non-hydrogen) atoms. The van der Waals surface area contributed by atoms with E-state index in [1.54, 1.807) is 12.1 Å². The van der Waals surface area contributed by atoms with Gasteiger partial charge in [-0.05, 0) is 18.2 Å². The molecule has 1 heterocycles. The predicted octanol–water partition coefficient (Wildman–Crippen LogP) is 2.30. The first-order chi connectivity index (χ1) is 10.2. The molecule has 2 aromatic carbocycles. The summed E-state index contributed by atoms with van der Waals surface area (Å²) in [5.41, 5.74) is 13.9. The number of benzene rings is 2. The lowest BCUT2D eigenvalue weighted by Crippen LogP contribution is -2.21. The Morgan fingerprint density at radius 3 is 2.81 bits per heavy atom. The van der Waals surface area contributed by atoms with Gasteiger partial charge in [0.2, 0.25) is 0 Å². The first-order valence-corrected chi connectivity index (χ1v) is 6.83. The van der Waals surface area contributed by atoms with Crippen LogP contribution in [0.3, 0.4) is 0 Å². The summed E-state index contributed by atoms with van der Waals surface area (Å²) >= 11 is 0. The number of primary amides is 1. The molecule has 3 rings (SSSR count). The molecular weight excluding hydrogens is 266 g/mol. The highest BCUT2D eigenvalue weighted by molar-refractivity contribution is 6.00. The van der Waals surface area contributed by atoms with Crippen molar-refractivity contribution in [3.05, 3.63) is 53.6 Å². The summed E-state index contributed by atoms with van der Waals surface area (Å²) in [6.07, 6.45) is 0.831. The van der Waals surface area contributed by atoms with Gasteiger partial charge < -0.3 is 21.5 Å². The van der Waals surface area contributed by atoms with E-state index in [0.29, 0.717) is 23.5 Å². The molecule has 0 bridgehead atoms. The number of para-hydroxylation sites is 2. The van der Waals surface area contributed by atoms with Crippen LogP contribution in [-0.4, -0.2) is 12.5 Å². The third-order valence-electron chi connectivity index (χ3n) is 3.66. The molecule has 1 atom stereocenters. The summed E-state index contributed by atoms with van der Waals surface area (Å²) in [6.45, 7) is 0.643. The summed E-state index contributed by atoms with van der Waals surface area (Å²) in [7, 11) is 0. The van der Waals surface area contributed by atoms with Gasteiger partial charge >= 0.3 is 0 Å². The molecule has 5 N–H and O–H groups in total. The molecule has 0 aliphatic carbocycles. The smallest absolute Gasteiger partial charge is 0.250 e. The Kier molecular flexibility index (Phi) is 3.39. The molecule has 2 aromatic rings. The molecule has 108 valence electrons. The van der Waals surface area contributed by atoms with Crippen molar-refractivity contribution in [3.8, 4) is 5.75 Å². The molecule has 0 saturated heterocycles. The molecule has 5 heteroatoms. The van der Waals surface area contributed by atoms with Crippen LogP contribution in [-0.2, 0) is 0 Å². The quantitative estimate of drug-likeness (QED) is 0.754. The molecule has 1 aliphatic rings. The van der Waals surface area contributed by atoms with E-state index in [-0.39, 0.29) is 6.04 Å². The van der Waals surface area contributed by atoms with E-state index in [0.717, 1.165) is 17.7 Å². The van der Waals surface area contributed by atoms with Gasteiger partial charge in [0.1, 0.15) is 5.75 Å². The number of hydrogen-bond acceptors (Lipinski definition) is 4. The summed E-state index contributed by atoms with van der Waals surface area (Å²) < 4.78 is 5.64. The second kappa shape index (κ2) is 5.36. The monoisotopic (exact) mass is 283 g/mol. The zero-order valence-corrected chi connectivity index (χ0v) is 11.5. The molecule has 0 fully saturated rings. The summed E-state index contributed by atoms with van der Waals surface area (Å²) in [6, 6.07) is 13.2. The van der Waals surface area contributed by atoms with Crippen molar-refractivity contribution in [3.63, 3.8) is 0 Å². The van der Waals surface area contributed by atoms with Gasteiger partial charge in [-0.25, -0.2) is 0 Å². The van der Waals surface area contributed by atoms with E-state index >= 15 is 0 Å². The molecule has 0 spiro atoms. The Morgan fingerprint density at radius 1 is 1.19 bits per heavy atom. The van der Waals surface area contributed by atoms with Crippen LogP contribution in [0.25, 0.3) is 0 Å². The summed E-state index contributed by atoms with van der Waals surface area (Å²) in [5, 5.41) is 3.39. The first kappa shape index (κ1) is 13.3. The molecular formula is C16H17N3O2. The minimum atomic E-state index is -0.525. The fourth-order valence-corrected chi connectivity index (χ4v) is 2.59. The second-order valence-corrected chi connectivity index (χ2v) is 5.00. The standard InChI is InChI=1S/C16H17N3O2/c17-15-11(16(18)20)5-3-6-13(15)19-12-8-9-21-14-7-2-1-4-10(12)14/h1-7,12,19H,8-9,17H2,(H2,18,20). The Hall–Kier alpha value is -2.69. The fraction of sp³-hybridized carbons (Fsp3) is 0.188. The number of carbonyl (C=O) groups is 1. The second-order valence-electron chi connectivity index (χ2n) is 5.00. The van der Waals surface area contributed by atoms with Crippen LogP contribution in [0.15, 0.2) is 42.5 Å². The largest absolute Gasteiger partial charge is 0.493 e. The minimum Gasteiger partial charge on any atom is -0.493 e. The van der Waals surface area contributed by atoms with E-state index in [9.17, 15) is 4.79 Å². The number of nitrogens with two attached hydrogens (primary N) is 2. The highest BCUT2D eigenvalue weighted by Gasteiger charge is 2.22. The van der Waals surface area contributed by atoms with Crippen molar-refractivity contribution < 1.29 is 9.53 Å². The number of anilines is 2. The van der Waals surface area contributed by atoms with Crippen LogP contribution in [0.1, 0.15) is 28.4 Å². The minimum absolute atomic E-state index is 0.0976. The number of ether oxygens (including phenoxy) is 1. The van der Waals surface area contributed by atoms with Crippen LogP contribution in [0.2, 0.25) is 0 Å². The molecule has 0 aromatic heterocycles. The number of carbonyl (C=O) groups excluding carboxylic acids is 1. The van der Waals surface area contributed by atoms with Crippen LogP contribution in [0.5, 0.6) is 5.75 Å². The maximum Gasteiger partial charge on any atom is 0.250 e. The highest BCUT2D eigenvalue weighted by atomic mass is 16.5. The van der Waals surface area contributed by atoms with E-state index < -0.39 is 5.91 Å². The van der Waals surface area contributed by atoms with Gasteiger partial charge in [0.15, 0.2) is 0 Å². The van der Waals surface area contributed by atoms with Crippen LogP contribution in [0, 0.1) is 0 Å². The van der Waals surface area contributed by atoms with Crippen molar-refractivity contribution in [1.82, 2.24) is 0 Å². The van der Waals surface area contributed by atoms with E-state index in [1.165, 1.54) is 0 Å². The zero-order valence-electron chi connectivity index (χ0n) is 11.5. The maximum atomic E-state index is 11.4. The van der Waals surface area contributed by atoms with Crippen LogP contribution >= 0.6 is 0 Å². The number of amides is 1. The van der Waals surface area contributed by atoms with Crippen LogP contribution < -0.4 is 21.5 Å². The first-order valence-electron chi connectivity index (χ1n) is 6.83. The maximum absolute atomic E-state index is 11.4. The average molecular weight is 283 g/mol. The summed E-state index contributed by atoms with van der Waals surface area (Å²) in [5.74, 6) is 0.356. The van der Waals surface area contributed by atoms with Gasteiger partial charge in [-0.2, -0.15) is 0 Å². The Labute approximate surface area is 122 Å². The third kappa shape index (κ3) is 2.50. The van der Waals surface area contributed by atoms with Crippen LogP contribution in [0.4, 0.5) is 11.4 Å². The van der Waals surface area contributed by atoms with Crippen molar-refractivity contribution in [1.29, 1.82) is 0 Å². The number of nitrogen functional groups attached to an aromatic ring is 1. The Bertz CT molecular complexity index is 685. The van der Waals surface area contributed by atoms with E-state index in [1.807, 2.05) is 30.3 Å². The lowest BCUT2D eigenvalue weighted by Gasteiger charge is -2.28. The van der Waals surface area contributed by atoms with Gasteiger partial charge in [0.05, 0.1) is 29.6 Å². The lowest BCUT2D eigenvalue weighted by atomic mass is 10.00. The molecule has 1 amide bonds. The number of nitrogens with one attached hydrogen (secondary N) is 1. The van der Waals surface area contributed by atoms with Gasteiger partial charge in [-0.3, -0.25) is 4.79 Å². The predicted molar refractivity (Wildman–Crippen MR) is 82.3 cm³/mol. The number of fused-ring (bicyclic) bond motifs is 1. The molecule has 0 saturated carbocycles. The SMILES string of the molecule is NC(=O)c1cccc(NC2CCOc3ccccc32)c1N. The van der Waals surface area contributed by atoms with Crippen molar-refractivity contribution in [2.24, 2.45) is 5.73 Å². The zero-order chi connectivity index (χ0) is 14.8. The normalized spacial score (nSPS) is 16.7. The fourth-order valence-electron chi connectivity index (χ4n) is 2.59. The molecule has 1 aliphatic heterocycles. The number of hydrogen-bond donors (Lipinski definition) is 3. The van der Waals surface area contributed by atoms with Gasteiger partial charge in [0.25, 0.3) is 5.91 Å². The molecule has 0 radical (unpaired) electrons. The Morgan fingerprint density at radius 2 is 2.00 bits per heavy atom. The van der Waals surface area contributed by atoms with Gasteiger partial charge in [-0.15, -0.1) is 0 Å². The molecule has 1 unspecified atom stereocenters. The third-order valence-corrected chi connectivity index (χ3v) is 3.66. The van der Waals surface area contributed by atoms with Crippen molar-refractivity contribution >= 4 is 17.3 Å². The average Bonchev–Trinajstić information content (AvgIpc) is 2.49. The topological polar surface area (TPSA) is 90.4 Å². The number of rotatable bonds is 3. The van der Waals surface area contributed by atoms with Gasteiger partial charge in [-0.1, -0.05) is 24.3 Å². The van der Waals surface area contributed by atoms with Crippen molar-refractivity contribution in [2.45, 2.75) is 12.5 Å². The Balaban J connectivity index is 1.92. The van der Waals surface area contributed by atoms with E-state index in [2.05, 4.69) is 5.32 Å². The molecule has 5 nitrogen and oxygen atoms in total. The van der Waals surface area contributed by atoms with E-state index in [4.69, 9.17) is 16.2 Å². The summed E-state index contributed by atoms with van der Waals surface area (Å²) in [4.78, 5) is 11.4. The van der Waals surface area contributed by atoms with Crippen molar-refractivity contribution in [2.75, 3.05) is 17.7 Å².